The van der Waals surface area contributed by atoms with Crippen molar-refractivity contribution in [2.24, 2.45) is 0 Å². The maximum absolute atomic E-state index is 12.7. The number of nitrogens with one attached hydrogen (secondary N) is 1. The largest absolute Gasteiger partial charge is 0.392 e. The van der Waals surface area contributed by atoms with Gasteiger partial charge in [0.25, 0.3) is 5.91 Å². The molecule has 0 spiro atoms. The number of aromatic nitrogens is 1. The molecule has 9 nitrogen and oxygen atoms in total. The molecule has 10 heteroatoms. The Balaban J connectivity index is 1.70. The van der Waals surface area contributed by atoms with Gasteiger partial charge in [-0.05, 0) is 37.1 Å². The summed E-state index contributed by atoms with van der Waals surface area (Å²) in [4.78, 5) is 26.0. The molecule has 31 heavy (non-hydrogen) atoms. The molecule has 2 aromatic rings. The Hall–Kier alpha value is -3.13. The molecular weight excluding hydrogens is 422 g/mol. The molecule has 0 radical (unpaired) electrons. The summed E-state index contributed by atoms with van der Waals surface area (Å²) in [5.74, 6) is 4.96. The van der Waals surface area contributed by atoms with Crippen molar-refractivity contribution in [3.8, 4) is 11.8 Å². The fourth-order valence-electron chi connectivity index (χ4n) is 3.24. The topological polar surface area (TPSA) is 129 Å². The van der Waals surface area contributed by atoms with Gasteiger partial charge < -0.3 is 10.0 Å². The molecule has 0 saturated carbocycles. The third-order valence-electron chi connectivity index (χ3n) is 5.48. The van der Waals surface area contributed by atoms with Crippen LogP contribution in [-0.4, -0.2) is 57.7 Å². The Morgan fingerprint density at radius 3 is 2.42 bits per heavy atom. The number of aliphatic hydroxyl groups is 1. The fourth-order valence-corrected chi connectivity index (χ4v) is 4.08. The second-order valence-electron chi connectivity index (χ2n) is 7.59. The van der Waals surface area contributed by atoms with E-state index in [-0.39, 0.29) is 32.1 Å². The van der Waals surface area contributed by atoms with Crippen LogP contribution in [0.15, 0.2) is 36.5 Å². The molecule has 1 atom stereocenters. The minimum absolute atomic E-state index is 0.0235. The second kappa shape index (κ2) is 8.55. The number of amides is 2. The summed E-state index contributed by atoms with van der Waals surface area (Å²) in [6.07, 6.45) is 2.37. The number of hydrogen-bond donors (Lipinski definition) is 3. The zero-order valence-corrected chi connectivity index (χ0v) is 17.9. The first-order chi connectivity index (χ1) is 14.6. The van der Waals surface area contributed by atoms with Crippen molar-refractivity contribution in [2.45, 2.75) is 31.2 Å². The SMILES string of the molecule is C[C@@](CCN1Cc2cc(C#Cc3ccc(CO)cc3)cn2C1=O)(C(=O)NO)S(C)(=O)=O. The van der Waals surface area contributed by atoms with Crippen LogP contribution in [0.3, 0.4) is 0 Å². The molecule has 3 rings (SSSR count). The van der Waals surface area contributed by atoms with Crippen LogP contribution in [0.2, 0.25) is 0 Å². The number of rotatable bonds is 6. The first-order valence-corrected chi connectivity index (χ1v) is 11.3. The number of sulfone groups is 1. The Labute approximate surface area is 180 Å². The lowest BCUT2D eigenvalue weighted by Crippen LogP contribution is -2.50. The number of hydroxylamine groups is 1. The molecule has 1 aliphatic heterocycles. The molecule has 0 saturated heterocycles. The molecule has 0 unspecified atom stereocenters. The van der Waals surface area contributed by atoms with Gasteiger partial charge in [0.05, 0.1) is 13.2 Å². The van der Waals surface area contributed by atoms with E-state index in [1.165, 1.54) is 21.9 Å². The zero-order valence-electron chi connectivity index (χ0n) is 17.1. The Morgan fingerprint density at radius 1 is 1.23 bits per heavy atom. The van der Waals surface area contributed by atoms with Crippen LogP contribution in [0, 0.1) is 11.8 Å². The van der Waals surface area contributed by atoms with Crippen LogP contribution in [-0.2, 0) is 27.8 Å². The summed E-state index contributed by atoms with van der Waals surface area (Å²) in [6.45, 7) is 1.46. The third-order valence-corrected chi connectivity index (χ3v) is 7.50. The number of benzene rings is 1. The number of carbonyl (C=O) groups excluding carboxylic acids is 2. The van der Waals surface area contributed by atoms with E-state index in [1.807, 2.05) is 0 Å². The van der Waals surface area contributed by atoms with Gasteiger partial charge in [0.15, 0.2) is 14.6 Å². The van der Waals surface area contributed by atoms with Gasteiger partial charge in [-0.2, -0.15) is 0 Å². The summed E-state index contributed by atoms with van der Waals surface area (Å²) in [6, 6.07) is 8.62. The number of fused-ring (bicyclic) bond motifs is 1. The van der Waals surface area contributed by atoms with E-state index in [9.17, 15) is 18.0 Å². The van der Waals surface area contributed by atoms with Gasteiger partial charge in [-0.25, -0.2) is 18.7 Å². The minimum atomic E-state index is -3.83. The molecule has 164 valence electrons. The lowest BCUT2D eigenvalue weighted by atomic mass is 10.1. The van der Waals surface area contributed by atoms with Crippen molar-refractivity contribution < 1.29 is 28.3 Å². The van der Waals surface area contributed by atoms with Crippen LogP contribution < -0.4 is 5.48 Å². The summed E-state index contributed by atoms with van der Waals surface area (Å²) >= 11 is 0. The van der Waals surface area contributed by atoms with Crippen LogP contribution in [0.25, 0.3) is 0 Å². The monoisotopic (exact) mass is 445 g/mol. The van der Waals surface area contributed by atoms with E-state index in [0.717, 1.165) is 17.4 Å². The minimum Gasteiger partial charge on any atom is -0.392 e. The number of nitrogens with zero attached hydrogens (tertiary/aromatic N) is 2. The summed E-state index contributed by atoms with van der Waals surface area (Å²) in [7, 11) is -3.83. The zero-order chi connectivity index (χ0) is 22.8. The fraction of sp³-hybridized carbons (Fsp3) is 0.333. The summed E-state index contributed by atoms with van der Waals surface area (Å²) in [5.41, 5.74) is 4.34. The van der Waals surface area contributed by atoms with E-state index in [1.54, 1.807) is 36.5 Å². The molecule has 1 aromatic carbocycles. The molecule has 2 heterocycles. The van der Waals surface area contributed by atoms with E-state index in [4.69, 9.17) is 10.3 Å². The molecule has 0 fully saturated rings. The van der Waals surface area contributed by atoms with E-state index in [2.05, 4.69) is 11.8 Å². The van der Waals surface area contributed by atoms with Crippen molar-refractivity contribution in [3.63, 3.8) is 0 Å². The van der Waals surface area contributed by atoms with E-state index < -0.39 is 20.5 Å². The maximum atomic E-state index is 12.7. The smallest absolute Gasteiger partial charge is 0.328 e. The molecule has 0 bridgehead atoms. The van der Waals surface area contributed by atoms with Crippen LogP contribution in [0.5, 0.6) is 0 Å². The Bertz CT molecular complexity index is 1170. The van der Waals surface area contributed by atoms with Crippen molar-refractivity contribution >= 4 is 21.8 Å². The summed E-state index contributed by atoms with van der Waals surface area (Å²) < 4.78 is 23.7. The number of hydrogen-bond acceptors (Lipinski definition) is 6. The highest BCUT2D eigenvalue weighted by Crippen LogP contribution is 2.25. The van der Waals surface area contributed by atoms with E-state index in [0.29, 0.717) is 11.3 Å². The standard InChI is InChI=1S/C21H23N3O6S/c1-21(19(26)22-28,31(2,29)30)9-10-23-13-18-11-17(12-24(18)20(23)27)8-5-15-3-6-16(14-25)7-4-15/h3-4,6-7,11-12,25,28H,9-10,13-14H2,1-2H3,(H,22,26)/t21-/m1/s1. The molecule has 1 aliphatic rings. The van der Waals surface area contributed by atoms with Crippen molar-refractivity contribution in [1.29, 1.82) is 0 Å². The maximum Gasteiger partial charge on any atom is 0.328 e. The van der Waals surface area contributed by atoms with Crippen LogP contribution >= 0.6 is 0 Å². The van der Waals surface area contributed by atoms with Crippen molar-refractivity contribution in [3.05, 3.63) is 58.9 Å². The highest BCUT2D eigenvalue weighted by atomic mass is 32.2. The van der Waals surface area contributed by atoms with Gasteiger partial charge in [0, 0.05) is 35.8 Å². The van der Waals surface area contributed by atoms with Gasteiger partial charge in [-0.3, -0.25) is 14.6 Å². The van der Waals surface area contributed by atoms with Gasteiger partial charge >= 0.3 is 6.03 Å². The van der Waals surface area contributed by atoms with Gasteiger partial charge in [-0.1, -0.05) is 24.0 Å². The second-order valence-corrected chi connectivity index (χ2v) is 10.0. The average molecular weight is 445 g/mol. The number of aliphatic hydroxyl groups excluding tert-OH is 1. The molecular formula is C21H23N3O6S. The van der Waals surface area contributed by atoms with Crippen molar-refractivity contribution in [1.82, 2.24) is 14.9 Å². The lowest BCUT2D eigenvalue weighted by molar-refractivity contribution is -0.131. The highest BCUT2D eigenvalue weighted by molar-refractivity contribution is 7.92. The molecule has 2 amide bonds. The number of carbonyl (C=O) groups is 2. The average Bonchev–Trinajstić information content (AvgIpc) is 3.27. The quantitative estimate of drug-likeness (QED) is 0.344. The van der Waals surface area contributed by atoms with Crippen LogP contribution in [0.1, 0.15) is 35.7 Å². The predicted molar refractivity (Wildman–Crippen MR) is 112 cm³/mol. The summed E-state index contributed by atoms with van der Waals surface area (Å²) in [5, 5.41) is 18.0. The Morgan fingerprint density at radius 2 is 1.87 bits per heavy atom. The highest BCUT2D eigenvalue weighted by Gasteiger charge is 2.44. The Kier molecular flexibility index (Phi) is 6.22. The predicted octanol–water partition coefficient (Wildman–Crippen LogP) is 0.863. The first kappa shape index (κ1) is 22.6. The van der Waals surface area contributed by atoms with Crippen LogP contribution in [0.4, 0.5) is 4.79 Å². The molecule has 3 N–H and O–H groups in total. The van der Waals surface area contributed by atoms with Gasteiger partial charge in [0.2, 0.25) is 0 Å². The normalized spacial score (nSPS) is 15.1. The third kappa shape index (κ3) is 4.49. The van der Waals surface area contributed by atoms with Crippen molar-refractivity contribution in [2.75, 3.05) is 12.8 Å². The van der Waals surface area contributed by atoms with E-state index >= 15 is 0 Å². The first-order valence-electron chi connectivity index (χ1n) is 9.45. The van der Waals surface area contributed by atoms with Gasteiger partial charge in [-0.15, -0.1) is 0 Å². The molecule has 0 aliphatic carbocycles. The lowest BCUT2D eigenvalue weighted by Gasteiger charge is -2.27. The molecule has 1 aromatic heterocycles. The van der Waals surface area contributed by atoms with Gasteiger partial charge in [0.1, 0.15) is 0 Å².